The predicted molar refractivity (Wildman–Crippen MR) is 93.5 cm³/mol. The molecule has 3 N–H and O–H groups in total. The number of aromatic nitrogens is 3. The molecule has 1 aromatic carbocycles. The van der Waals surface area contributed by atoms with E-state index < -0.39 is 0 Å². The van der Waals surface area contributed by atoms with Crippen LogP contribution in [0.4, 0.5) is 0 Å². The zero-order valence-electron chi connectivity index (χ0n) is 13.4. The predicted octanol–water partition coefficient (Wildman–Crippen LogP) is 2.64. The lowest BCUT2D eigenvalue weighted by atomic mass is 10.1. The van der Waals surface area contributed by atoms with Gasteiger partial charge in [0, 0.05) is 43.2 Å². The Hall–Kier alpha value is -3.08. The molecule has 0 aliphatic carbocycles. The largest absolute Gasteiger partial charge is 0.508 e. The van der Waals surface area contributed by atoms with Crippen LogP contribution in [-0.2, 0) is 19.4 Å². The first kappa shape index (κ1) is 15.8. The number of nitrogens with zero attached hydrogens (tertiary/aromatic N) is 3. The number of nitrogens with two attached hydrogens (primary N) is 1. The van der Waals surface area contributed by atoms with Crippen molar-refractivity contribution >= 4 is 0 Å². The molecule has 122 valence electrons. The van der Waals surface area contributed by atoms with E-state index in [1.807, 2.05) is 30.6 Å². The van der Waals surface area contributed by atoms with Crippen molar-refractivity contribution in [2.75, 3.05) is 0 Å². The lowest BCUT2D eigenvalue weighted by Crippen LogP contribution is -2.09. The van der Waals surface area contributed by atoms with Crippen LogP contribution in [0.3, 0.4) is 0 Å². The van der Waals surface area contributed by atoms with Crippen LogP contribution in [0.5, 0.6) is 5.75 Å². The summed E-state index contributed by atoms with van der Waals surface area (Å²) in [4.78, 5) is 8.61. The molecule has 2 aromatic heterocycles. The molecule has 0 radical (unpaired) electrons. The molecule has 2 heterocycles. The molecule has 0 aliphatic rings. The van der Waals surface area contributed by atoms with E-state index in [0.29, 0.717) is 18.7 Å². The van der Waals surface area contributed by atoms with Crippen molar-refractivity contribution in [2.24, 2.45) is 5.73 Å². The molecule has 0 saturated carbocycles. The first-order valence-corrected chi connectivity index (χ1v) is 7.75. The van der Waals surface area contributed by atoms with Gasteiger partial charge in [-0.1, -0.05) is 18.7 Å². The number of rotatable bonds is 6. The van der Waals surface area contributed by atoms with Crippen molar-refractivity contribution in [1.82, 2.24) is 14.5 Å². The van der Waals surface area contributed by atoms with Crippen molar-refractivity contribution in [3.63, 3.8) is 0 Å². The Kier molecular flexibility index (Phi) is 4.61. The summed E-state index contributed by atoms with van der Waals surface area (Å²) in [5.41, 5.74) is 10.6. The Balaban J connectivity index is 1.90. The third-order valence-electron chi connectivity index (χ3n) is 3.81. The van der Waals surface area contributed by atoms with Crippen molar-refractivity contribution in [3.05, 3.63) is 89.9 Å². The van der Waals surface area contributed by atoms with Gasteiger partial charge in [-0.15, -0.1) is 0 Å². The zero-order chi connectivity index (χ0) is 16.9. The average Bonchev–Trinajstić information content (AvgIpc) is 2.90. The van der Waals surface area contributed by atoms with E-state index in [-0.39, 0.29) is 5.75 Å². The molecule has 0 spiro atoms. The van der Waals surface area contributed by atoms with Gasteiger partial charge in [0.05, 0.1) is 12.0 Å². The zero-order valence-corrected chi connectivity index (χ0v) is 13.4. The number of benzene rings is 1. The molecular formula is C19H20N4O. The topological polar surface area (TPSA) is 77.0 Å². The third-order valence-corrected chi connectivity index (χ3v) is 3.81. The van der Waals surface area contributed by atoms with Gasteiger partial charge in [0.25, 0.3) is 0 Å². The summed E-state index contributed by atoms with van der Waals surface area (Å²) in [6, 6.07) is 11.2. The van der Waals surface area contributed by atoms with Crippen molar-refractivity contribution in [2.45, 2.75) is 19.4 Å². The van der Waals surface area contributed by atoms with Gasteiger partial charge >= 0.3 is 0 Å². The maximum absolute atomic E-state index is 9.64. The number of hydrogen-bond acceptors (Lipinski definition) is 4. The van der Waals surface area contributed by atoms with E-state index in [2.05, 4.69) is 21.1 Å². The summed E-state index contributed by atoms with van der Waals surface area (Å²) in [7, 11) is 0. The second-order valence-electron chi connectivity index (χ2n) is 5.80. The normalized spacial score (nSPS) is 10.7. The van der Waals surface area contributed by atoms with E-state index in [4.69, 9.17) is 5.73 Å². The van der Waals surface area contributed by atoms with Gasteiger partial charge < -0.3 is 15.4 Å². The Labute approximate surface area is 141 Å². The molecule has 0 bridgehead atoms. The lowest BCUT2D eigenvalue weighted by Gasteiger charge is -2.11. The second kappa shape index (κ2) is 7.00. The lowest BCUT2D eigenvalue weighted by molar-refractivity contribution is 0.474. The van der Waals surface area contributed by atoms with Gasteiger partial charge in [0.15, 0.2) is 0 Å². The second-order valence-corrected chi connectivity index (χ2v) is 5.80. The minimum Gasteiger partial charge on any atom is -0.508 e. The van der Waals surface area contributed by atoms with Crippen LogP contribution in [0.1, 0.15) is 22.5 Å². The SMILES string of the molecule is C=C(N)Cc1c(Cc2ccncc2)ncn1Cc1cccc(O)c1. The molecule has 3 aromatic rings. The van der Waals surface area contributed by atoms with Crippen LogP contribution in [0.25, 0.3) is 0 Å². The summed E-state index contributed by atoms with van der Waals surface area (Å²) in [5.74, 6) is 0.259. The highest BCUT2D eigenvalue weighted by Gasteiger charge is 2.12. The maximum Gasteiger partial charge on any atom is 0.115 e. The van der Waals surface area contributed by atoms with Gasteiger partial charge in [-0.2, -0.15) is 0 Å². The molecule has 0 fully saturated rings. The number of aromatic hydroxyl groups is 1. The highest BCUT2D eigenvalue weighted by Crippen LogP contribution is 2.18. The Morgan fingerprint density at radius 1 is 1.17 bits per heavy atom. The molecule has 0 aliphatic heterocycles. The van der Waals surface area contributed by atoms with E-state index in [1.165, 1.54) is 0 Å². The van der Waals surface area contributed by atoms with Crippen molar-refractivity contribution in [1.29, 1.82) is 0 Å². The van der Waals surface area contributed by atoms with Gasteiger partial charge in [-0.05, 0) is 35.4 Å². The fourth-order valence-electron chi connectivity index (χ4n) is 2.70. The Morgan fingerprint density at radius 3 is 2.67 bits per heavy atom. The van der Waals surface area contributed by atoms with E-state index in [1.54, 1.807) is 24.5 Å². The Morgan fingerprint density at radius 2 is 1.96 bits per heavy atom. The standard InChI is InChI=1S/C19H20N4O/c1-14(20)9-19-18(11-15-5-7-21-8-6-15)22-13-23(19)12-16-3-2-4-17(24)10-16/h2-8,10,13,24H,1,9,11-12,20H2. The monoisotopic (exact) mass is 320 g/mol. The third kappa shape index (κ3) is 3.81. The number of allylic oxidation sites excluding steroid dienone is 1. The van der Waals surface area contributed by atoms with E-state index in [0.717, 1.165) is 28.9 Å². The molecule has 5 nitrogen and oxygen atoms in total. The van der Waals surface area contributed by atoms with Gasteiger partial charge in [-0.3, -0.25) is 4.98 Å². The minimum atomic E-state index is 0.259. The average molecular weight is 320 g/mol. The fourth-order valence-corrected chi connectivity index (χ4v) is 2.70. The molecular weight excluding hydrogens is 300 g/mol. The fraction of sp³-hybridized carbons (Fsp3) is 0.158. The number of phenols is 1. The summed E-state index contributed by atoms with van der Waals surface area (Å²) in [6.45, 7) is 4.45. The summed E-state index contributed by atoms with van der Waals surface area (Å²) in [5, 5.41) is 9.64. The van der Waals surface area contributed by atoms with Crippen LogP contribution in [0.2, 0.25) is 0 Å². The molecule has 5 heteroatoms. The van der Waals surface area contributed by atoms with Gasteiger partial charge in [0.2, 0.25) is 0 Å². The van der Waals surface area contributed by atoms with Crippen LogP contribution < -0.4 is 5.73 Å². The smallest absolute Gasteiger partial charge is 0.115 e. The minimum absolute atomic E-state index is 0.259. The van der Waals surface area contributed by atoms with E-state index in [9.17, 15) is 5.11 Å². The van der Waals surface area contributed by atoms with Crippen LogP contribution >= 0.6 is 0 Å². The molecule has 3 rings (SSSR count). The summed E-state index contributed by atoms with van der Waals surface area (Å²) >= 11 is 0. The first-order valence-electron chi connectivity index (χ1n) is 7.75. The highest BCUT2D eigenvalue weighted by atomic mass is 16.3. The summed E-state index contributed by atoms with van der Waals surface area (Å²) < 4.78 is 2.06. The van der Waals surface area contributed by atoms with Gasteiger partial charge in [-0.25, -0.2) is 4.98 Å². The van der Waals surface area contributed by atoms with Crippen LogP contribution in [0, 0.1) is 0 Å². The highest BCUT2D eigenvalue weighted by molar-refractivity contribution is 5.30. The molecule has 0 amide bonds. The number of pyridine rings is 1. The molecule has 0 unspecified atom stereocenters. The van der Waals surface area contributed by atoms with Gasteiger partial charge in [0.1, 0.15) is 5.75 Å². The van der Waals surface area contributed by atoms with E-state index >= 15 is 0 Å². The molecule has 0 saturated heterocycles. The van der Waals surface area contributed by atoms with Crippen molar-refractivity contribution in [3.8, 4) is 5.75 Å². The molecule has 24 heavy (non-hydrogen) atoms. The number of phenolic OH excluding ortho intramolecular Hbond substituents is 1. The van der Waals surface area contributed by atoms with Crippen LogP contribution in [0.15, 0.2) is 67.4 Å². The molecule has 0 atom stereocenters. The van der Waals surface area contributed by atoms with Crippen LogP contribution in [-0.4, -0.2) is 19.6 Å². The Bertz CT molecular complexity index is 840. The quantitative estimate of drug-likeness (QED) is 0.732. The number of imidazole rings is 1. The maximum atomic E-state index is 9.64. The summed E-state index contributed by atoms with van der Waals surface area (Å²) in [6.07, 6.45) is 6.66. The first-order chi connectivity index (χ1) is 11.6. The number of hydrogen-bond donors (Lipinski definition) is 2. The van der Waals surface area contributed by atoms with Crippen molar-refractivity contribution < 1.29 is 5.11 Å².